The number of nitrogens with one attached hydrogen (secondary N) is 2. The average Bonchev–Trinajstić information content (AvgIpc) is 2.59. The van der Waals surface area contributed by atoms with Gasteiger partial charge in [0.15, 0.2) is 11.5 Å². The largest absolute Gasteiger partial charge is 0.490 e. The Morgan fingerprint density at radius 3 is 1.92 bits per heavy atom. The summed E-state index contributed by atoms with van der Waals surface area (Å²) in [6, 6.07) is 12.2. The van der Waals surface area contributed by atoms with Crippen LogP contribution in [0.1, 0.15) is 19.4 Å². The SMILES string of the molecule is CCOc1ccc(NC(=O)C(=O)Nc2ccc(C)cc2)cc1OCC. The normalized spacial score (nSPS) is 10.0. The van der Waals surface area contributed by atoms with Crippen LogP contribution >= 0.6 is 0 Å². The summed E-state index contributed by atoms with van der Waals surface area (Å²) in [6.07, 6.45) is 0. The Morgan fingerprint density at radius 1 is 0.800 bits per heavy atom. The van der Waals surface area contributed by atoms with Gasteiger partial charge in [-0.25, -0.2) is 0 Å². The number of aryl methyl sites for hydroxylation is 1. The van der Waals surface area contributed by atoms with E-state index in [0.29, 0.717) is 36.1 Å². The highest BCUT2D eigenvalue weighted by Gasteiger charge is 2.15. The van der Waals surface area contributed by atoms with Crippen molar-refractivity contribution in [2.75, 3.05) is 23.8 Å². The molecule has 2 N–H and O–H groups in total. The molecule has 0 fully saturated rings. The summed E-state index contributed by atoms with van der Waals surface area (Å²) >= 11 is 0. The van der Waals surface area contributed by atoms with Crippen LogP contribution in [0.2, 0.25) is 0 Å². The van der Waals surface area contributed by atoms with E-state index in [9.17, 15) is 9.59 Å². The van der Waals surface area contributed by atoms with E-state index in [4.69, 9.17) is 9.47 Å². The summed E-state index contributed by atoms with van der Waals surface area (Å²) in [4.78, 5) is 24.1. The van der Waals surface area contributed by atoms with Gasteiger partial charge >= 0.3 is 11.8 Å². The van der Waals surface area contributed by atoms with Crippen LogP contribution in [-0.4, -0.2) is 25.0 Å². The van der Waals surface area contributed by atoms with Crippen molar-refractivity contribution in [3.63, 3.8) is 0 Å². The van der Waals surface area contributed by atoms with Crippen molar-refractivity contribution in [3.8, 4) is 11.5 Å². The standard InChI is InChI=1S/C19H22N2O4/c1-4-24-16-11-10-15(12-17(16)25-5-2)21-19(23)18(22)20-14-8-6-13(3)7-9-14/h6-12H,4-5H2,1-3H3,(H,20,22)(H,21,23). The summed E-state index contributed by atoms with van der Waals surface area (Å²) in [5.41, 5.74) is 2.09. The van der Waals surface area contributed by atoms with Gasteiger partial charge in [0.05, 0.1) is 13.2 Å². The highest BCUT2D eigenvalue weighted by molar-refractivity contribution is 6.43. The third kappa shape index (κ3) is 5.24. The van der Waals surface area contributed by atoms with Gasteiger partial charge in [0.25, 0.3) is 0 Å². The molecule has 0 atom stereocenters. The fourth-order valence-electron chi connectivity index (χ4n) is 2.14. The zero-order valence-corrected chi connectivity index (χ0v) is 14.6. The molecule has 0 aliphatic heterocycles. The minimum absolute atomic E-state index is 0.455. The second kappa shape index (κ2) is 8.73. The van der Waals surface area contributed by atoms with Crippen molar-refractivity contribution in [2.45, 2.75) is 20.8 Å². The molecule has 2 rings (SSSR count). The lowest BCUT2D eigenvalue weighted by Crippen LogP contribution is -2.29. The Labute approximate surface area is 147 Å². The molecule has 0 aromatic heterocycles. The minimum Gasteiger partial charge on any atom is -0.490 e. The number of ether oxygens (including phenoxy) is 2. The first-order chi connectivity index (χ1) is 12.0. The zero-order chi connectivity index (χ0) is 18.2. The van der Waals surface area contributed by atoms with E-state index in [0.717, 1.165) is 5.56 Å². The van der Waals surface area contributed by atoms with Crippen LogP contribution in [0, 0.1) is 6.92 Å². The van der Waals surface area contributed by atoms with Gasteiger partial charge in [-0.3, -0.25) is 9.59 Å². The fraction of sp³-hybridized carbons (Fsp3) is 0.263. The molecule has 0 saturated heterocycles. The Hall–Kier alpha value is -3.02. The molecular weight excluding hydrogens is 320 g/mol. The first-order valence-corrected chi connectivity index (χ1v) is 8.12. The zero-order valence-electron chi connectivity index (χ0n) is 14.6. The van der Waals surface area contributed by atoms with E-state index in [1.807, 2.05) is 32.9 Å². The molecule has 0 unspecified atom stereocenters. The summed E-state index contributed by atoms with van der Waals surface area (Å²) in [7, 11) is 0. The number of carbonyl (C=O) groups excluding carboxylic acids is 2. The van der Waals surface area contributed by atoms with E-state index in [-0.39, 0.29) is 0 Å². The third-order valence-corrected chi connectivity index (χ3v) is 3.32. The second-order valence-electron chi connectivity index (χ2n) is 5.30. The van der Waals surface area contributed by atoms with Crippen LogP contribution < -0.4 is 20.1 Å². The monoisotopic (exact) mass is 342 g/mol. The van der Waals surface area contributed by atoms with Crippen molar-refractivity contribution in [1.82, 2.24) is 0 Å². The molecule has 2 aromatic rings. The summed E-state index contributed by atoms with van der Waals surface area (Å²) in [5.74, 6) is -0.393. The van der Waals surface area contributed by atoms with Gasteiger partial charge in [-0.05, 0) is 45.0 Å². The van der Waals surface area contributed by atoms with Gasteiger partial charge in [0.2, 0.25) is 0 Å². The Morgan fingerprint density at radius 2 is 1.32 bits per heavy atom. The lowest BCUT2D eigenvalue weighted by atomic mass is 10.2. The number of carbonyl (C=O) groups is 2. The van der Waals surface area contributed by atoms with E-state index in [1.54, 1.807) is 30.3 Å². The van der Waals surface area contributed by atoms with E-state index in [2.05, 4.69) is 10.6 Å². The molecule has 25 heavy (non-hydrogen) atoms. The summed E-state index contributed by atoms with van der Waals surface area (Å²) in [6.45, 7) is 6.65. The second-order valence-corrected chi connectivity index (χ2v) is 5.30. The Balaban J connectivity index is 2.04. The van der Waals surface area contributed by atoms with Crippen LogP contribution in [0.5, 0.6) is 11.5 Å². The predicted octanol–water partition coefficient (Wildman–Crippen LogP) is 3.37. The van der Waals surface area contributed by atoms with Crippen LogP contribution in [-0.2, 0) is 9.59 Å². The van der Waals surface area contributed by atoms with Crippen LogP contribution in [0.25, 0.3) is 0 Å². The minimum atomic E-state index is -0.757. The molecule has 0 heterocycles. The summed E-state index contributed by atoms with van der Waals surface area (Å²) < 4.78 is 11.0. The van der Waals surface area contributed by atoms with Crippen molar-refractivity contribution in [3.05, 3.63) is 48.0 Å². The quantitative estimate of drug-likeness (QED) is 0.789. The van der Waals surface area contributed by atoms with E-state index in [1.165, 1.54) is 0 Å². The van der Waals surface area contributed by atoms with Gasteiger partial charge in [0, 0.05) is 17.4 Å². The van der Waals surface area contributed by atoms with E-state index >= 15 is 0 Å². The molecule has 0 saturated carbocycles. The highest BCUT2D eigenvalue weighted by Crippen LogP contribution is 2.30. The number of hydrogen-bond acceptors (Lipinski definition) is 4. The van der Waals surface area contributed by atoms with Crippen molar-refractivity contribution < 1.29 is 19.1 Å². The Bertz CT molecular complexity index is 742. The lowest BCUT2D eigenvalue weighted by Gasteiger charge is -2.13. The first kappa shape index (κ1) is 18.3. The smallest absolute Gasteiger partial charge is 0.314 e. The maximum Gasteiger partial charge on any atom is 0.314 e. The molecule has 0 radical (unpaired) electrons. The molecule has 0 aliphatic rings. The maximum absolute atomic E-state index is 12.1. The van der Waals surface area contributed by atoms with Gasteiger partial charge in [-0.2, -0.15) is 0 Å². The topological polar surface area (TPSA) is 76.7 Å². The van der Waals surface area contributed by atoms with Crippen LogP contribution in [0.15, 0.2) is 42.5 Å². The molecule has 0 aliphatic carbocycles. The maximum atomic E-state index is 12.1. The van der Waals surface area contributed by atoms with Crippen molar-refractivity contribution in [1.29, 1.82) is 0 Å². The average molecular weight is 342 g/mol. The molecule has 6 heteroatoms. The van der Waals surface area contributed by atoms with Gasteiger partial charge < -0.3 is 20.1 Å². The van der Waals surface area contributed by atoms with Crippen molar-refractivity contribution in [2.24, 2.45) is 0 Å². The molecule has 132 valence electrons. The number of anilines is 2. The summed E-state index contributed by atoms with van der Waals surface area (Å²) in [5, 5.41) is 5.11. The third-order valence-electron chi connectivity index (χ3n) is 3.32. The molecule has 2 amide bonds. The molecule has 2 aromatic carbocycles. The number of amides is 2. The number of benzene rings is 2. The molecule has 0 bridgehead atoms. The molecule has 6 nitrogen and oxygen atoms in total. The van der Waals surface area contributed by atoms with Crippen LogP contribution in [0.4, 0.5) is 11.4 Å². The molecule has 0 spiro atoms. The van der Waals surface area contributed by atoms with Gasteiger partial charge in [0.1, 0.15) is 0 Å². The molecular formula is C19H22N2O4. The number of hydrogen-bond donors (Lipinski definition) is 2. The van der Waals surface area contributed by atoms with E-state index < -0.39 is 11.8 Å². The first-order valence-electron chi connectivity index (χ1n) is 8.12. The lowest BCUT2D eigenvalue weighted by molar-refractivity contribution is -0.132. The van der Waals surface area contributed by atoms with Crippen molar-refractivity contribution >= 4 is 23.2 Å². The fourth-order valence-corrected chi connectivity index (χ4v) is 2.14. The highest BCUT2D eigenvalue weighted by atomic mass is 16.5. The van der Waals surface area contributed by atoms with Gasteiger partial charge in [-0.1, -0.05) is 17.7 Å². The predicted molar refractivity (Wildman–Crippen MR) is 97.2 cm³/mol. The van der Waals surface area contributed by atoms with Crippen LogP contribution in [0.3, 0.4) is 0 Å². The Kier molecular flexibility index (Phi) is 6.39. The van der Waals surface area contributed by atoms with Gasteiger partial charge in [-0.15, -0.1) is 0 Å². The number of rotatable bonds is 6.